The van der Waals surface area contributed by atoms with Gasteiger partial charge in [-0.05, 0) is 31.4 Å². The van der Waals surface area contributed by atoms with Gasteiger partial charge in [-0.1, -0.05) is 13.3 Å². The van der Waals surface area contributed by atoms with Gasteiger partial charge in [0.15, 0.2) is 0 Å². The van der Waals surface area contributed by atoms with Crippen molar-refractivity contribution < 1.29 is 0 Å². The van der Waals surface area contributed by atoms with E-state index in [4.69, 9.17) is 5.26 Å². The van der Waals surface area contributed by atoms with Crippen LogP contribution in [0.3, 0.4) is 0 Å². The number of hydrogen-bond acceptors (Lipinski definition) is 2. The fourth-order valence-electron chi connectivity index (χ4n) is 1.99. The summed E-state index contributed by atoms with van der Waals surface area (Å²) in [6.45, 7) is 2.26. The first-order valence-electron chi connectivity index (χ1n) is 4.74. The van der Waals surface area contributed by atoms with E-state index in [1.807, 2.05) is 11.8 Å². The molecule has 0 saturated heterocycles. The van der Waals surface area contributed by atoms with E-state index in [1.165, 1.54) is 19.3 Å². The third-order valence-corrected chi connectivity index (χ3v) is 4.07. The normalized spacial score (nSPS) is 35.9. The fraction of sp³-hybridized carbons (Fsp3) is 0.900. The van der Waals surface area contributed by atoms with E-state index in [0.717, 1.165) is 12.3 Å². The second-order valence-electron chi connectivity index (χ2n) is 3.60. The molecule has 1 nitrogen and oxygen atoms in total. The fourth-order valence-corrected chi connectivity index (χ4v) is 2.98. The van der Waals surface area contributed by atoms with Crippen LogP contribution in [-0.2, 0) is 0 Å². The molecule has 0 aliphatic heterocycles. The summed E-state index contributed by atoms with van der Waals surface area (Å²) in [5.41, 5.74) is 0. The monoisotopic (exact) mass is 183 g/mol. The summed E-state index contributed by atoms with van der Waals surface area (Å²) < 4.78 is 0. The van der Waals surface area contributed by atoms with Crippen LogP contribution < -0.4 is 0 Å². The van der Waals surface area contributed by atoms with Crippen molar-refractivity contribution in [3.63, 3.8) is 0 Å². The van der Waals surface area contributed by atoms with Gasteiger partial charge in [0, 0.05) is 5.25 Å². The number of rotatable bonds is 2. The van der Waals surface area contributed by atoms with Gasteiger partial charge >= 0.3 is 0 Å². The van der Waals surface area contributed by atoms with Gasteiger partial charge in [-0.3, -0.25) is 0 Å². The Hall–Kier alpha value is -0.160. The van der Waals surface area contributed by atoms with Gasteiger partial charge < -0.3 is 0 Å². The Balaban J connectivity index is 2.48. The van der Waals surface area contributed by atoms with E-state index in [9.17, 15) is 0 Å². The minimum atomic E-state index is 0.322. The van der Waals surface area contributed by atoms with Crippen molar-refractivity contribution in [1.29, 1.82) is 5.26 Å². The number of nitriles is 1. The summed E-state index contributed by atoms with van der Waals surface area (Å²) in [4.78, 5) is 0. The van der Waals surface area contributed by atoms with Crippen molar-refractivity contribution in [2.75, 3.05) is 6.26 Å². The largest absolute Gasteiger partial charge is 0.198 e. The lowest BCUT2D eigenvalue weighted by Gasteiger charge is -2.30. The molecule has 0 spiro atoms. The van der Waals surface area contributed by atoms with Crippen LogP contribution in [0.25, 0.3) is 0 Å². The highest BCUT2D eigenvalue weighted by Crippen LogP contribution is 2.36. The number of hydrogen-bond donors (Lipinski definition) is 0. The summed E-state index contributed by atoms with van der Waals surface area (Å²) in [7, 11) is 0. The minimum Gasteiger partial charge on any atom is -0.198 e. The predicted octanol–water partition coefficient (Wildman–Crippen LogP) is 3.07. The first-order chi connectivity index (χ1) is 5.81. The summed E-state index contributed by atoms with van der Waals surface area (Å²) >= 11 is 1.88. The van der Waals surface area contributed by atoms with Crippen LogP contribution in [0.5, 0.6) is 0 Å². The third-order valence-electron chi connectivity index (χ3n) is 2.95. The van der Waals surface area contributed by atoms with Crippen molar-refractivity contribution >= 4 is 11.8 Å². The zero-order chi connectivity index (χ0) is 8.97. The zero-order valence-electron chi connectivity index (χ0n) is 7.92. The predicted molar refractivity (Wildman–Crippen MR) is 54.0 cm³/mol. The molecule has 0 N–H and O–H groups in total. The summed E-state index contributed by atoms with van der Waals surface area (Å²) in [6, 6.07) is 2.43. The van der Waals surface area contributed by atoms with E-state index in [1.54, 1.807) is 0 Å². The Labute approximate surface area is 79.5 Å². The van der Waals surface area contributed by atoms with Crippen LogP contribution in [0.2, 0.25) is 0 Å². The molecule has 1 aliphatic rings. The maximum absolute atomic E-state index is 8.89. The van der Waals surface area contributed by atoms with Crippen LogP contribution in [-0.4, -0.2) is 11.5 Å². The lowest BCUT2D eigenvalue weighted by atomic mass is 9.81. The Bertz CT molecular complexity index is 173. The maximum Gasteiger partial charge on any atom is 0.0667 e. The number of thioether (sulfide) groups is 1. The van der Waals surface area contributed by atoms with Crippen molar-refractivity contribution in [3.8, 4) is 6.07 Å². The smallest absolute Gasteiger partial charge is 0.0667 e. The molecule has 0 heterocycles. The minimum absolute atomic E-state index is 0.322. The van der Waals surface area contributed by atoms with Crippen LogP contribution in [0.15, 0.2) is 0 Å². The first-order valence-corrected chi connectivity index (χ1v) is 6.03. The van der Waals surface area contributed by atoms with Crippen molar-refractivity contribution in [2.45, 2.75) is 37.9 Å². The molecule has 0 aromatic carbocycles. The molecular formula is C10H17NS. The highest BCUT2D eigenvalue weighted by atomic mass is 32.2. The molecule has 0 bridgehead atoms. The van der Waals surface area contributed by atoms with Crippen LogP contribution >= 0.6 is 11.8 Å². The molecule has 1 fully saturated rings. The topological polar surface area (TPSA) is 23.8 Å². The Morgan fingerprint density at radius 1 is 1.50 bits per heavy atom. The van der Waals surface area contributed by atoms with Gasteiger partial charge in [0.05, 0.1) is 12.0 Å². The van der Waals surface area contributed by atoms with Crippen molar-refractivity contribution in [2.24, 2.45) is 11.8 Å². The van der Waals surface area contributed by atoms with E-state index in [2.05, 4.69) is 19.2 Å². The summed E-state index contributed by atoms with van der Waals surface area (Å²) in [5.74, 6) is 1.20. The first kappa shape index (κ1) is 9.92. The van der Waals surface area contributed by atoms with Gasteiger partial charge in [-0.15, -0.1) is 0 Å². The molecule has 0 radical (unpaired) electrons. The van der Waals surface area contributed by atoms with Gasteiger partial charge in [-0.25, -0.2) is 0 Å². The molecule has 12 heavy (non-hydrogen) atoms. The van der Waals surface area contributed by atoms with E-state index in [-0.39, 0.29) is 0 Å². The Morgan fingerprint density at radius 3 is 2.75 bits per heavy atom. The van der Waals surface area contributed by atoms with Crippen LogP contribution in [0.4, 0.5) is 0 Å². The molecule has 2 heteroatoms. The molecule has 1 rings (SSSR count). The van der Waals surface area contributed by atoms with Gasteiger partial charge in [-0.2, -0.15) is 17.0 Å². The summed E-state index contributed by atoms with van der Waals surface area (Å²) in [5, 5.41) is 9.49. The molecule has 3 atom stereocenters. The van der Waals surface area contributed by atoms with Crippen LogP contribution in [0, 0.1) is 23.2 Å². The molecule has 1 saturated carbocycles. The third kappa shape index (κ3) is 2.17. The Kier molecular flexibility index (Phi) is 3.94. The SMILES string of the molecule is CCC1CCC(C#N)C(SC)C1. The Morgan fingerprint density at radius 2 is 2.25 bits per heavy atom. The molecule has 68 valence electrons. The van der Waals surface area contributed by atoms with E-state index >= 15 is 0 Å². The van der Waals surface area contributed by atoms with E-state index < -0.39 is 0 Å². The molecule has 3 unspecified atom stereocenters. The molecular weight excluding hydrogens is 166 g/mol. The quantitative estimate of drug-likeness (QED) is 0.657. The molecule has 0 aromatic rings. The average Bonchev–Trinajstić information content (AvgIpc) is 2.16. The second-order valence-corrected chi connectivity index (χ2v) is 4.67. The maximum atomic E-state index is 8.89. The van der Waals surface area contributed by atoms with E-state index in [0.29, 0.717) is 11.2 Å². The number of nitrogens with zero attached hydrogens (tertiary/aromatic N) is 1. The lowest BCUT2D eigenvalue weighted by molar-refractivity contribution is 0.317. The van der Waals surface area contributed by atoms with Crippen molar-refractivity contribution in [1.82, 2.24) is 0 Å². The lowest BCUT2D eigenvalue weighted by Crippen LogP contribution is -2.25. The molecule has 1 aliphatic carbocycles. The zero-order valence-corrected chi connectivity index (χ0v) is 8.73. The average molecular weight is 183 g/mol. The second kappa shape index (κ2) is 4.77. The summed E-state index contributed by atoms with van der Waals surface area (Å²) in [6.07, 6.45) is 7.07. The van der Waals surface area contributed by atoms with Crippen LogP contribution in [0.1, 0.15) is 32.6 Å². The van der Waals surface area contributed by atoms with Gasteiger partial charge in [0.1, 0.15) is 0 Å². The molecule has 0 amide bonds. The van der Waals surface area contributed by atoms with Gasteiger partial charge in [0.2, 0.25) is 0 Å². The van der Waals surface area contributed by atoms with Gasteiger partial charge in [0.25, 0.3) is 0 Å². The highest BCUT2D eigenvalue weighted by molar-refractivity contribution is 7.99. The highest BCUT2D eigenvalue weighted by Gasteiger charge is 2.28. The molecule has 0 aromatic heterocycles. The van der Waals surface area contributed by atoms with Crippen molar-refractivity contribution in [3.05, 3.63) is 0 Å². The standard InChI is InChI=1S/C10H17NS/c1-3-8-4-5-9(7-11)10(6-8)12-2/h8-10H,3-6H2,1-2H3.